The van der Waals surface area contributed by atoms with Crippen LogP contribution >= 0.6 is 11.3 Å². The molecule has 0 saturated carbocycles. The van der Waals surface area contributed by atoms with Crippen LogP contribution in [0.5, 0.6) is 0 Å². The molecule has 3 heterocycles. The summed E-state index contributed by atoms with van der Waals surface area (Å²) < 4.78 is 12.0. The zero-order chi connectivity index (χ0) is 24.6. The average molecular weight is 486 g/mol. The molecule has 1 aliphatic rings. The van der Waals surface area contributed by atoms with E-state index in [1.165, 1.54) is 22.8 Å². The van der Waals surface area contributed by atoms with Gasteiger partial charge in [-0.25, -0.2) is 19.1 Å². The minimum Gasteiger partial charge on any atom is -0.462 e. The van der Waals surface area contributed by atoms with Crippen molar-refractivity contribution in [3.63, 3.8) is 0 Å². The molecule has 3 aromatic heterocycles. The Balaban J connectivity index is 1.51. The van der Waals surface area contributed by atoms with Gasteiger partial charge >= 0.3 is 11.9 Å². The smallest absolute Gasteiger partial charge is 0.379 e. The van der Waals surface area contributed by atoms with E-state index in [-0.39, 0.29) is 18.2 Å². The number of anilines is 1. The van der Waals surface area contributed by atoms with Crippen molar-refractivity contribution in [3.8, 4) is 0 Å². The highest BCUT2D eigenvalue weighted by molar-refractivity contribution is 7.17. The van der Waals surface area contributed by atoms with E-state index in [0.29, 0.717) is 16.5 Å². The fourth-order valence-corrected chi connectivity index (χ4v) is 5.39. The van der Waals surface area contributed by atoms with Crippen LogP contribution in [0.4, 0.5) is 5.00 Å². The summed E-state index contributed by atoms with van der Waals surface area (Å²) in [5.41, 5.74) is 2.85. The van der Waals surface area contributed by atoms with E-state index in [9.17, 15) is 14.4 Å². The first-order valence-electron chi connectivity index (χ1n) is 11.2. The van der Waals surface area contributed by atoms with Crippen molar-refractivity contribution >= 4 is 40.0 Å². The Morgan fingerprint density at radius 3 is 2.76 bits per heavy atom. The highest BCUT2D eigenvalue weighted by Gasteiger charge is 2.31. The lowest BCUT2D eigenvalue weighted by Crippen LogP contribution is -2.30. The highest BCUT2D eigenvalue weighted by Crippen LogP contribution is 2.40. The van der Waals surface area contributed by atoms with Gasteiger partial charge in [-0.05, 0) is 64.5 Å². The number of rotatable bonds is 6. The Kier molecular flexibility index (Phi) is 6.65. The van der Waals surface area contributed by atoms with Gasteiger partial charge in [0.25, 0.3) is 17.5 Å². The molecule has 0 saturated heterocycles. The zero-order valence-corrected chi connectivity index (χ0v) is 20.6. The fraction of sp³-hybridized carbons (Fsp3) is 0.478. The number of fused-ring (bicyclic) bond motifs is 2. The van der Waals surface area contributed by atoms with Crippen molar-refractivity contribution in [3.05, 3.63) is 39.3 Å². The van der Waals surface area contributed by atoms with E-state index >= 15 is 0 Å². The van der Waals surface area contributed by atoms with Gasteiger partial charge in [0.2, 0.25) is 0 Å². The highest BCUT2D eigenvalue weighted by atomic mass is 32.1. The van der Waals surface area contributed by atoms with E-state index in [2.05, 4.69) is 27.3 Å². The molecule has 0 aromatic carbocycles. The first kappa shape index (κ1) is 23.8. The van der Waals surface area contributed by atoms with Gasteiger partial charge in [0.15, 0.2) is 6.10 Å². The molecule has 4 rings (SSSR count). The molecule has 0 aliphatic heterocycles. The number of carbonyl (C=O) groups is 3. The molecule has 10 nitrogen and oxygen atoms in total. The number of ether oxygens (including phenoxy) is 2. The maximum absolute atomic E-state index is 12.9. The van der Waals surface area contributed by atoms with Gasteiger partial charge in [-0.2, -0.15) is 4.98 Å². The summed E-state index contributed by atoms with van der Waals surface area (Å²) in [7, 11) is 0. The normalized spacial score (nSPS) is 16.1. The van der Waals surface area contributed by atoms with E-state index in [4.69, 9.17) is 9.47 Å². The molecule has 3 aromatic rings. The monoisotopic (exact) mass is 485 g/mol. The number of nitrogens with one attached hydrogen (secondary N) is 1. The molecule has 0 fully saturated rings. The molecular formula is C23H27N5O5S. The summed E-state index contributed by atoms with van der Waals surface area (Å²) in [5.74, 6) is -1.26. The first-order valence-corrected chi connectivity index (χ1v) is 12.0. The summed E-state index contributed by atoms with van der Waals surface area (Å²) >= 11 is 1.38. The topological polar surface area (TPSA) is 125 Å². The Bertz CT molecular complexity index is 1280. The van der Waals surface area contributed by atoms with E-state index in [1.807, 2.05) is 19.9 Å². The van der Waals surface area contributed by atoms with Crippen LogP contribution in [0.1, 0.15) is 70.0 Å². The van der Waals surface area contributed by atoms with Gasteiger partial charge in [-0.1, -0.05) is 6.92 Å². The lowest BCUT2D eigenvalue weighted by atomic mass is 9.88. The van der Waals surface area contributed by atoms with E-state index < -0.39 is 23.9 Å². The van der Waals surface area contributed by atoms with E-state index in [0.717, 1.165) is 41.1 Å². The van der Waals surface area contributed by atoms with Crippen molar-refractivity contribution in [2.45, 2.75) is 60.0 Å². The Morgan fingerprint density at radius 1 is 1.26 bits per heavy atom. The number of nitrogens with zero attached hydrogens (tertiary/aromatic N) is 4. The third-order valence-electron chi connectivity index (χ3n) is 5.68. The van der Waals surface area contributed by atoms with Crippen LogP contribution in [0.3, 0.4) is 0 Å². The minimum absolute atomic E-state index is 0.186. The summed E-state index contributed by atoms with van der Waals surface area (Å²) in [6.07, 6.45) is 1.44. The molecule has 11 heteroatoms. The molecule has 0 unspecified atom stereocenters. The van der Waals surface area contributed by atoms with Gasteiger partial charge < -0.3 is 14.8 Å². The zero-order valence-electron chi connectivity index (χ0n) is 19.8. The second-order valence-corrected chi connectivity index (χ2v) is 9.60. The molecule has 0 radical (unpaired) electrons. The van der Waals surface area contributed by atoms with Crippen molar-refractivity contribution < 1.29 is 23.9 Å². The second-order valence-electron chi connectivity index (χ2n) is 8.50. The number of hydrogen-bond acceptors (Lipinski definition) is 9. The molecule has 1 aliphatic carbocycles. The van der Waals surface area contributed by atoms with Crippen molar-refractivity contribution in [2.24, 2.45) is 5.92 Å². The van der Waals surface area contributed by atoms with Crippen molar-refractivity contribution in [1.82, 2.24) is 19.6 Å². The molecule has 1 amide bonds. The van der Waals surface area contributed by atoms with Gasteiger partial charge in [-0.15, -0.1) is 16.4 Å². The predicted molar refractivity (Wildman–Crippen MR) is 125 cm³/mol. The number of aromatic nitrogens is 4. The molecular weight excluding hydrogens is 458 g/mol. The SMILES string of the molecule is CCOC(=O)c1c(NC(=O)[C@H](C)OC(=O)c2nc3nc(C)cc(C)n3n2)sc2c1CC[C@H](C)C2. The van der Waals surface area contributed by atoms with Crippen molar-refractivity contribution in [1.29, 1.82) is 0 Å². The van der Waals surface area contributed by atoms with Crippen LogP contribution in [-0.2, 0) is 27.1 Å². The van der Waals surface area contributed by atoms with E-state index in [1.54, 1.807) is 6.92 Å². The van der Waals surface area contributed by atoms with Crippen LogP contribution < -0.4 is 5.32 Å². The fourth-order valence-electron chi connectivity index (χ4n) is 3.99. The molecule has 2 atom stereocenters. The second kappa shape index (κ2) is 9.49. The van der Waals surface area contributed by atoms with Crippen LogP contribution in [0.15, 0.2) is 6.07 Å². The maximum Gasteiger partial charge on any atom is 0.379 e. The Hall–Kier alpha value is -3.34. The first-order chi connectivity index (χ1) is 16.2. The number of carbonyl (C=O) groups excluding carboxylic acids is 3. The third kappa shape index (κ3) is 4.65. The lowest BCUT2D eigenvalue weighted by molar-refractivity contribution is -0.123. The van der Waals surface area contributed by atoms with Gasteiger partial charge in [-0.3, -0.25) is 4.79 Å². The number of thiophene rings is 1. The van der Waals surface area contributed by atoms with Crippen LogP contribution in [0.2, 0.25) is 0 Å². The minimum atomic E-state index is -1.14. The van der Waals surface area contributed by atoms with Crippen LogP contribution in [-0.4, -0.2) is 50.1 Å². The molecule has 0 spiro atoms. The summed E-state index contributed by atoms with van der Waals surface area (Å²) in [5, 5.41) is 7.32. The Morgan fingerprint density at radius 2 is 2.03 bits per heavy atom. The standard InChI is InChI=1S/C23H27N5O5S/c1-6-32-21(30)17-15-8-7-11(2)9-16(15)34-20(17)26-19(29)14(5)33-22(31)18-25-23-24-12(3)10-13(4)28(23)27-18/h10-11,14H,6-9H2,1-5H3,(H,26,29)/t11-,14-/m0/s1. The predicted octanol–water partition coefficient (Wildman–Crippen LogP) is 3.29. The molecule has 1 N–H and O–H groups in total. The lowest BCUT2D eigenvalue weighted by Gasteiger charge is -2.18. The molecule has 0 bridgehead atoms. The van der Waals surface area contributed by atoms with Gasteiger partial charge in [0, 0.05) is 16.3 Å². The maximum atomic E-state index is 12.9. The van der Waals surface area contributed by atoms with Crippen LogP contribution in [0, 0.1) is 19.8 Å². The number of amides is 1. The van der Waals surface area contributed by atoms with Gasteiger partial charge in [0.1, 0.15) is 5.00 Å². The molecule has 34 heavy (non-hydrogen) atoms. The summed E-state index contributed by atoms with van der Waals surface area (Å²) in [6.45, 7) is 9.24. The third-order valence-corrected chi connectivity index (χ3v) is 6.85. The summed E-state index contributed by atoms with van der Waals surface area (Å²) in [4.78, 5) is 47.6. The molecule has 180 valence electrons. The van der Waals surface area contributed by atoms with Gasteiger partial charge in [0.05, 0.1) is 12.2 Å². The number of aryl methyl sites for hydroxylation is 2. The Labute approximate surface area is 200 Å². The van der Waals surface area contributed by atoms with Crippen LogP contribution in [0.25, 0.3) is 5.78 Å². The van der Waals surface area contributed by atoms with Crippen molar-refractivity contribution in [2.75, 3.05) is 11.9 Å². The largest absolute Gasteiger partial charge is 0.462 e. The quantitative estimate of drug-likeness (QED) is 0.528. The number of hydrogen-bond donors (Lipinski definition) is 1. The summed E-state index contributed by atoms with van der Waals surface area (Å²) in [6, 6.07) is 1.81. The average Bonchev–Trinajstić information content (AvgIpc) is 3.34. The number of esters is 2.